The Morgan fingerprint density at radius 2 is 1.71 bits per heavy atom. The summed E-state index contributed by atoms with van der Waals surface area (Å²) in [6, 6.07) is 17.7. The van der Waals surface area contributed by atoms with Crippen LogP contribution in [0.5, 0.6) is 5.75 Å². The summed E-state index contributed by atoms with van der Waals surface area (Å²) in [6.45, 7) is 2.54. The zero-order valence-corrected chi connectivity index (χ0v) is 17.1. The lowest BCUT2D eigenvalue weighted by Gasteiger charge is -2.43. The quantitative estimate of drug-likeness (QED) is 0.680. The number of piperidine rings is 1. The second-order valence-electron chi connectivity index (χ2n) is 7.41. The maximum absolute atomic E-state index is 13.0. The molecule has 2 atom stereocenters. The second-order valence-corrected chi connectivity index (χ2v) is 9.34. The van der Waals surface area contributed by atoms with E-state index in [1.807, 2.05) is 30.3 Å². The van der Waals surface area contributed by atoms with Gasteiger partial charge in [-0.1, -0.05) is 62.6 Å². The maximum atomic E-state index is 13.0. The van der Waals surface area contributed by atoms with Crippen LogP contribution in [0.2, 0.25) is 0 Å². The molecule has 2 aromatic carbocycles. The van der Waals surface area contributed by atoms with E-state index in [-0.39, 0.29) is 18.0 Å². The van der Waals surface area contributed by atoms with Crippen molar-refractivity contribution in [2.45, 2.75) is 55.6 Å². The Labute approximate surface area is 168 Å². The minimum atomic E-state index is -3.62. The number of hydrogen-bond donors (Lipinski definition) is 1. The SMILES string of the molecule is CCCCC[C@]1(O)CCN(S(=O)(=O)c2ccccc2)C[C@@H]1Oc1ccccc1. The Bertz CT molecular complexity index is 841. The van der Waals surface area contributed by atoms with Gasteiger partial charge in [0, 0.05) is 6.54 Å². The van der Waals surface area contributed by atoms with E-state index >= 15 is 0 Å². The van der Waals surface area contributed by atoms with Gasteiger partial charge in [-0.3, -0.25) is 0 Å². The molecule has 1 aliphatic heterocycles. The summed E-state index contributed by atoms with van der Waals surface area (Å²) in [5.41, 5.74) is -1.03. The molecular formula is C22H29NO4S. The highest BCUT2D eigenvalue weighted by molar-refractivity contribution is 7.89. The van der Waals surface area contributed by atoms with E-state index in [0.29, 0.717) is 18.6 Å². The third kappa shape index (κ3) is 4.74. The Hall–Kier alpha value is -1.89. The molecule has 0 amide bonds. The number of ether oxygens (including phenoxy) is 1. The van der Waals surface area contributed by atoms with Crippen LogP contribution >= 0.6 is 0 Å². The fraction of sp³-hybridized carbons (Fsp3) is 0.455. The molecule has 1 fully saturated rings. The van der Waals surface area contributed by atoms with Crippen molar-refractivity contribution in [3.8, 4) is 5.75 Å². The van der Waals surface area contributed by atoms with Gasteiger partial charge in [0.05, 0.1) is 11.4 Å². The molecule has 0 spiro atoms. The number of benzene rings is 2. The molecule has 6 heteroatoms. The molecule has 5 nitrogen and oxygen atoms in total. The molecule has 1 N–H and O–H groups in total. The van der Waals surface area contributed by atoms with Gasteiger partial charge in [0.2, 0.25) is 10.0 Å². The lowest BCUT2D eigenvalue weighted by Crippen LogP contribution is -2.59. The van der Waals surface area contributed by atoms with E-state index in [9.17, 15) is 13.5 Å². The first-order chi connectivity index (χ1) is 13.5. The largest absolute Gasteiger partial charge is 0.486 e. The van der Waals surface area contributed by atoms with Crippen LogP contribution < -0.4 is 4.74 Å². The standard InChI is InChI=1S/C22H29NO4S/c1-2-3-10-15-22(24)16-17-23(28(25,26)20-13-8-5-9-14-20)18-21(22)27-19-11-6-4-7-12-19/h4-9,11-14,21,24H,2-3,10,15-18H2,1H3/t21-,22-/m0/s1. The Morgan fingerprint density at radius 3 is 2.36 bits per heavy atom. The summed E-state index contributed by atoms with van der Waals surface area (Å²) in [7, 11) is -3.62. The van der Waals surface area contributed by atoms with Gasteiger partial charge in [0.25, 0.3) is 0 Å². The summed E-state index contributed by atoms with van der Waals surface area (Å²) in [4.78, 5) is 0.268. The Balaban J connectivity index is 1.83. The van der Waals surface area contributed by atoms with Gasteiger partial charge in [0.1, 0.15) is 17.5 Å². The number of sulfonamides is 1. The van der Waals surface area contributed by atoms with Crippen LogP contribution in [0.25, 0.3) is 0 Å². The number of nitrogens with zero attached hydrogens (tertiary/aromatic N) is 1. The van der Waals surface area contributed by atoms with Gasteiger partial charge in [-0.05, 0) is 37.1 Å². The van der Waals surface area contributed by atoms with Gasteiger partial charge in [-0.2, -0.15) is 4.31 Å². The molecule has 2 aromatic rings. The summed E-state index contributed by atoms with van der Waals surface area (Å²) in [5, 5.41) is 11.3. The first-order valence-electron chi connectivity index (χ1n) is 9.95. The lowest BCUT2D eigenvalue weighted by atomic mass is 9.84. The van der Waals surface area contributed by atoms with Crippen LogP contribution in [0.15, 0.2) is 65.6 Å². The van der Waals surface area contributed by atoms with E-state index in [0.717, 1.165) is 19.3 Å². The highest BCUT2D eigenvalue weighted by atomic mass is 32.2. The summed E-state index contributed by atoms with van der Waals surface area (Å²) < 4.78 is 33.6. The number of rotatable bonds is 8. The van der Waals surface area contributed by atoms with Crippen molar-refractivity contribution in [1.82, 2.24) is 4.31 Å². The van der Waals surface area contributed by atoms with Crippen molar-refractivity contribution in [2.24, 2.45) is 0 Å². The molecule has 0 aliphatic carbocycles. The first-order valence-corrected chi connectivity index (χ1v) is 11.4. The number of para-hydroxylation sites is 1. The Morgan fingerprint density at radius 1 is 1.07 bits per heavy atom. The molecule has 0 saturated carbocycles. The average molecular weight is 404 g/mol. The molecule has 1 heterocycles. The minimum Gasteiger partial charge on any atom is -0.486 e. The second kappa shape index (κ2) is 9.07. The normalized spacial score (nSPS) is 23.4. The van der Waals surface area contributed by atoms with Crippen molar-refractivity contribution in [3.05, 3.63) is 60.7 Å². The molecule has 0 aromatic heterocycles. The minimum absolute atomic E-state index is 0.134. The molecule has 0 bridgehead atoms. The van der Waals surface area contributed by atoms with Crippen LogP contribution in [0.4, 0.5) is 0 Å². The molecule has 0 radical (unpaired) electrons. The monoisotopic (exact) mass is 403 g/mol. The predicted molar refractivity (Wildman–Crippen MR) is 110 cm³/mol. The molecule has 3 rings (SSSR count). The Kier molecular flexibility index (Phi) is 6.75. The summed E-state index contributed by atoms with van der Waals surface area (Å²) in [5.74, 6) is 0.639. The fourth-order valence-electron chi connectivity index (χ4n) is 3.66. The van der Waals surface area contributed by atoms with E-state index in [2.05, 4.69) is 6.92 Å². The van der Waals surface area contributed by atoms with Crippen LogP contribution in [0.1, 0.15) is 39.0 Å². The van der Waals surface area contributed by atoms with Gasteiger partial charge < -0.3 is 9.84 Å². The summed E-state index contributed by atoms with van der Waals surface area (Å²) >= 11 is 0. The molecule has 152 valence electrons. The van der Waals surface area contributed by atoms with Gasteiger partial charge >= 0.3 is 0 Å². The van der Waals surface area contributed by atoms with Crippen molar-refractivity contribution in [1.29, 1.82) is 0 Å². The van der Waals surface area contributed by atoms with E-state index in [4.69, 9.17) is 4.74 Å². The summed E-state index contributed by atoms with van der Waals surface area (Å²) in [6.07, 6.45) is 3.35. The van der Waals surface area contributed by atoms with Crippen molar-refractivity contribution in [3.63, 3.8) is 0 Å². The zero-order valence-electron chi connectivity index (χ0n) is 16.3. The van der Waals surface area contributed by atoms with Crippen LogP contribution in [-0.4, -0.2) is 42.6 Å². The molecule has 1 aliphatic rings. The first kappa shape index (κ1) is 20.8. The molecule has 1 saturated heterocycles. The molecule has 0 unspecified atom stereocenters. The maximum Gasteiger partial charge on any atom is 0.243 e. The highest BCUT2D eigenvalue weighted by Gasteiger charge is 2.45. The average Bonchev–Trinajstić information content (AvgIpc) is 2.71. The van der Waals surface area contributed by atoms with Gasteiger partial charge in [0.15, 0.2) is 0 Å². The predicted octanol–water partition coefficient (Wildman–Crippen LogP) is 3.84. The van der Waals surface area contributed by atoms with Crippen LogP contribution in [0, 0.1) is 0 Å². The number of unbranched alkanes of at least 4 members (excludes halogenated alkanes) is 2. The van der Waals surface area contributed by atoms with E-state index in [1.165, 1.54) is 4.31 Å². The zero-order chi connectivity index (χ0) is 20.0. The van der Waals surface area contributed by atoms with Crippen LogP contribution in [0.3, 0.4) is 0 Å². The molecular weight excluding hydrogens is 374 g/mol. The van der Waals surface area contributed by atoms with E-state index < -0.39 is 21.7 Å². The van der Waals surface area contributed by atoms with Crippen molar-refractivity contribution in [2.75, 3.05) is 13.1 Å². The topological polar surface area (TPSA) is 66.8 Å². The smallest absolute Gasteiger partial charge is 0.243 e. The third-order valence-electron chi connectivity index (χ3n) is 5.38. The lowest BCUT2D eigenvalue weighted by molar-refractivity contribution is -0.0999. The fourth-order valence-corrected chi connectivity index (χ4v) is 5.13. The van der Waals surface area contributed by atoms with Crippen LogP contribution in [-0.2, 0) is 10.0 Å². The van der Waals surface area contributed by atoms with Crippen molar-refractivity contribution < 1.29 is 18.3 Å². The van der Waals surface area contributed by atoms with Crippen molar-refractivity contribution >= 4 is 10.0 Å². The highest BCUT2D eigenvalue weighted by Crippen LogP contribution is 2.33. The van der Waals surface area contributed by atoms with Gasteiger partial charge in [-0.15, -0.1) is 0 Å². The molecule has 28 heavy (non-hydrogen) atoms. The number of aliphatic hydroxyl groups is 1. The number of hydrogen-bond acceptors (Lipinski definition) is 4. The van der Waals surface area contributed by atoms with E-state index in [1.54, 1.807) is 30.3 Å². The third-order valence-corrected chi connectivity index (χ3v) is 7.26. The van der Waals surface area contributed by atoms with Gasteiger partial charge in [-0.25, -0.2) is 8.42 Å².